The van der Waals surface area contributed by atoms with Crippen LogP contribution in [0, 0.1) is 0 Å². The standard InChI is InChI=1S/C19H30NO3.HI/c1-20(13-8-3-2-4-9-14-20)15-10-16-22-19(21)17-23-18-11-6-5-7-12-18;/h5-7,11-12H,2-4,8-10,13-17H2,1H3;1H/q+1;/p-1. The molecule has 0 N–H and O–H groups in total. The Morgan fingerprint density at radius 1 is 1.04 bits per heavy atom. The van der Waals surface area contributed by atoms with E-state index in [1.165, 1.54) is 45.2 Å². The third-order valence-corrected chi connectivity index (χ3v) is 4.60. The fourth-order valence-electron chi connectivity index (χ4n) is 3.19. The Kier molecular flexibility index (Phi) is 10.3. The van der Waals surface area contributed by atoms with E-state index in [1.54, 1.807) is 0 Å². The molecule has 1 aliphatic heterocycles. The van der Waals surface area contributed by atoms with Crippen molar-refractivity contribution in [3.8, 4) is 5.75 Å². The van der Waals surface area contributed by atoms with Gasteiger partial charge in [0, 0.05) is 6.42 Å². The number of nitrogens with zero attached hydrogens (tertiary/aromatic N) is 1. The number of benzene rings is 1. The van der Waals surface area contributed by atoms with E-state index < -0.39 is 0 Å². The molecule has 0 unspecified atom stereocenters. The minimum atomic E-state index is -0.288. The zero-order valence-electron chi connectivity index (χ0n) is 14.7. The lowest BCUT2D eigenvalue weighted by Gasteiger charge is -2.36. The van der Waals surface area contributed by atoms with Crippen LogP contribution in [-0.4, -0.2) is 50.3 Å². The molecule has 1 fully saturated rings. The van der Waals surface area contributed by atoms with Gasteiger partial charge in [-0.15, -0.1) is 0 Å². The summed E-state index contributed by atoms with van der Waals surface area (Å²) < 4.78 is 11.8. The van der Waals surface area contributed by atoms with Crippen LogP contribution < -0.4 is 28.7 Å². The number of esters is 1. The molecule has 1 heterocycles. The summed E-state index contributed by atoms with van der Waals surface area (Å²) in [5.41, 5.74) is 0. The van der Waals surface area contributed by atoms with Crippen molar-refractivity contribution in [2.45, 2.75) is 38.5 Å². The van der Waals surface area contributed by atoms with E-state index in [0.29, 0.717) is 12.4 Å². The van der Waals surface area contributed by atoms with E-state index in [2.05, 4.69) is 7.05 Å². The summed E-state index contributed by atoms with van der Waals surface area (Å²) in [5.74, 6) is 0.410. The predicted octanol–water partition coefficient (Wildman–Crippen LogP) is 0.413. The van der Waals surface area contributed by atoms with E-state index in [1.807, 2.05) is 30.3 Å². The summed E-state index contributed by atoms with van der Waals surface area (Å²) >= 11 is 0. The molecule has 0 aromatic heterocycles. The molecule has 2 rings (SSSR count). The number of likely N-dealkylation sites (tertiary alicyclic amines) is 1. The summed E-state index contributed by atoms with van der Waals surface area (Å²) in [6, 6.07) is 9.35. The molecule has 0 amide bonds. The third-order valence-electron chi connectivity index (χ3n) is 4.60. The molecule has 1 aromatic carbocycles. The van der Waals surface area contributed by atoms with Crippen molar-refractivity contribution in [1.29, 1.82) is 0 Å². The van der Waals surface area contributed by atoms with Crippen LogP contribution >= 0.6 is 0 Å². The van der Waals surface area contributed by atoms with Crippen LogP contribution in [-0.2, 0) is 9.53 Å². The number of quaternary nitrogens is 1. The molecule has 0 saturated carbocycles. The van der Waals surface area contributed by atoms with Gasteiger partial charge in [0.15, 0.2) is 6.61 Å². The zero-order chi connectivity index (χ0) is 16.4. The van der Waals surface area contributed by atoms with Gasteiger partial charge in [0.25, 0.3) is 0 Å². The fraction of sp³-hybridized carbons (Fsp3) is 0.632. The quantitative estimate of drug-likeness (QED) is 0.263. The first-order valence-corrected chi connectivity index (χ1v) is 8.85. The van der Waals surface area contributed by atoms with Crippen LogP contribution in [0.3, 0.4) is 0 Å². The Morgan fingerprint density at radius 3 is 2.33 bits per heavy atom. The number of hydrogen-bond acceptors (Lipinski definition) is 3. The summed E-state index contributed by atoms with van der Waals surface area (Å²) in [5, 5.41) is 0. The van der Waals surface area contributed by atoms with E-state index in [4.69, 9.17) is 9.47 Å². The molecule has 1 aliphatic rings. The van der Waals surface area contributed by atoms with Gasteiger partial charge in [-0.05, 0) is 37.8 Å². The molecule has 0 aliphatic carbocycles. The topological polar surface area (TPSA) is 35.5 Å². The van der Waals surface area contributed by atoms with Crippen LogP contribution in [0.5, 0.6) is 5.75 Å². The molecule has 136 valence electrons. The highest BCUT2D eigenvalue weighted by atomic mass is 127. The Labute approximate surface area is 163 Å². The maximum Gasteiger partial charge on any atom is 0.344 e. The first-order valence-electron chi connectivity index (χ1n) is 8.85. The van der Waals surface area contributed by atoms with E-state index in [-0.39, 0.29) is 36.6 Å². The number of carbonyl (C=O) groups excluding carboxylic acids is 1. The highest BCUT2D eigenvalue weighted by Crippen LogP contribution is 2.16. The smallest absolute Gasteiger partial charge is 0.344 e. The van der Waals surface area contributed by atoms with Gasteiger partial charge in [0.2, 0.25) is 0 Å². The van der Waals surface area contributed by atoms with E-state index in [0.717, 1.165) is 17.4 Å². The maximum atomic E-state index is 11.7. The first kappa shape index (κ1) is 21.2. The number of halogens is 1. The molecule has 24 heavy (non-hydrogen) atoms. The van der Waals surface area contributed by atoms with Gasteiger partial charge in [-0.3, -0.25) is 0 Å². The minimum Gasteiger partial charge on any atom is -1.00 e. The molecule has 0 bridgehead atoms. The Balaban J connectivity index is 0.00000288. The second-order valence-corrected chi connectivity index (χ2v) is 6.73. The zero-order valence-corrected chi connectivity index (χ0v) is 16.9. The van der Waals surface area contributed by atoms with Gasteiger partial charge in [-0.25, -0.2) is 4.79 Å². The molecular weight excluding hydrogens is 417 g/mol. The summed E-state index contributed by atoms with van der Waals surface area (Å²) in [6.45, 7) is 4.07. The Morgan fingerprint density at radius 2 is 1.67 bits per heavy atom. The highest BCUT2D eigenvalue weighted by Gasteiger charge is 2.22. The average Bonchev–Trinajstić information content (AvgIpc) is 2.55. The van der Waals surface area contributed by atoms with Crippen molar-refractivity contribution < 1.29 is 42.7 Å². The van der Waals surface area contributed by atoms with Crippen molar-refractivity contribution in [2.24, 2.45) is 0 Å². The van der Waals surface area contributed by atoms with Crippen molar-refractivity contribution in [2.75, 3.05) is 39.9 Å². The Bertz CT molecular complexity index is 459. The predicted molar refractivity (Wildman–Crippen MR) is 91.4 cm³/mol. The normalized spacial score (nSPS) is 17.0. The van der Waals surface area contributed by atoms with Crippen LogP contribution in [0.15, 0.2) is 30.3 Å². The van der Waals surface area contributed by atoms with Crippen molar-refractivity contribution in [1.82, 2.24) is 0 Å². The summed E-state index contributed by atoms with van der Waals surface area (Å²) in [4.78, 5) is 11.7. The summed E-state index contributed by atoms with van der Waals surface area (Å²) in [7, 11) is 2.34. The lowest BCUT2D eigenvalue weighted by Crippen LogP contribution is -3.00. The average molecular weight is 447 g/mol. The van der Waals surface area contributed by atoms with E-state index >= 15 is 0 Å². The van der Waals surface area contributed by atoms with Crippen LogP contribution in [0.25, 0.3) is 0 Å². The van der Waals surface area contributed by atoms with Gasteiger partial charge in [-0.1, -0.05) is 24.6 Å². The van der Waals surface area contributed by atoms with Crippen molar-refractivity contribution in [3.05, 3.63) is 30.3 Å². The molecular formula is C19H30INO3. The monoisotopic (exact) mass is 447 g/mol. The second-order valence-electron chi connectivity index (χ2n) is 6.73. The first-order chi connectivity index (χ1) is 11.2. The molecule has 1 saturated heterocycles. The molecule has 0 atom stereocenters. The van der Waals surface area contributed by atoms with Gasteiger partial charge in [0.05, 0.1) is 33.3 Å². The SMILES string of the molecule is C[N+]1(CCCOC(=O)COc2ccccc2)CCCCCCC1.[I-]. The number of rotatable bonds is 7. The molecule has 0 spiro atoms. The molecule has 0 radical (unpaired) electrons. The van der Waals surface area contributed by atoms with Gasteiger partial charge < -0.3 is 37.9 Å². The van der Waals surface area contributed by atoms with Gasteiger partial charge >= 0.3 is 5.97 Å². The Hall–Kier alpha value is -0.820. The van der Waals surface area contributed by atoms with Crippen LogP contribution in [0.1, 0.15) is 38.5 Å². The van der Waals surface area contributed by atoms with Gasteiger partial charge in [-0.2, -0.15) is 0 Å². The summed E-state index contributed by atoms with van der Waals surface area (Å²) in [6.07, 6.45) is 7.67. The van der Waals surface area contributed by atoms with Gasteiger partial charge in [0.1, 0.15) is 5.75 Å². The number of para-hydroxylation sites is 1. The van der Waals surface area contributed by atoms with Crippen molar-refractivity contribution >= 4 is 5.97 Å². The lowest BCUT2D eigenvalue weighted by molar-refractivity contribution is -0.910. The number of hydrogen-bond donors (Lipinski definition) is 0. The molecule has 1 aromatic rings. The highest BCUT2D eigenvalue weighted by molar-refractivity contribution is 5.71. The van der Waals surface area contributed by atoms with E-state index in [9.17, 15) is 4.79 Å². The maximum absolute atomic E-state index is 11.7. The number of ether oxygens (including phenoxy) is 2. The largest absolute Gasteiger partial charge is 1.00 e. The third kappa shape index (κ3) is 8.33. The second kappa shape index (κ2) is 11.7. The number of carbonyl (C=O) groups is 1. The van der Waals surface area contributed by atoms with Crippen LogP contribution in [0.4, 0.5) is 0 Å². The lowest BCUT2D eigenvalue weighted by atomic mass is 10.1. The molecule has 5 heteroatoms. The minimum absolute atomic E-state index is 0. The van der Waals surface area contributed by atoms with Crippen LogP contribution in [0.2, 0.25) is 0 Å². The fourth-order valence-corrected chi connectivity index (χ4v) is 3.19. The van der Waals surface area contributed by atoms with Crippen molar-refractivity contribution in [3.63, 3.8) is 0 Å². The molecule has 4 nitrogen and oxygen atoms in total.